The molecule has 1 aromatic carbocycles. The molecule has 1 amide bonds. The molecule has 0 radical (unpaired) electrons. The van der Waals surface area contributed by atoms with Crippen LogP contribution in [0.1, 0.15) is 25.5 Å². The molecule has 1 aliphatic heterocycles. The van der Waals surface area contributed by atoms with E-state index in [0.29, 0.717) is 32.2 Å². The summed E-state index contributed by atoms with van der Waals surface area (Å²) >= 11 is 0. The fourth-order valence-electron chi connectivity index (χ4n) is 3.17. The van der Waals surface area contributed by atoms with Crippen LogP contribution >= 0.6 is 24.0 Å². The first-order valence-corrected chi connectivity index (χ1v) is 9.76. The van der Waals surface area contributed by atoms with Crippen LogP contribution in [0.25, 0.3) is 5.69 Å². The van der Waals surface area contributed by atoms with Gasteiger partial charge in [0.15, 0.2) is 5.96 Å². The molecule has 2 heterocycles. The van der Waals surface area contributed by atoms with Gasteiger partial charge in [0.2, 0.25) is 0 Å². The Bertz CT molecular complexity index is 831. The van der Waals surface area contributed by atoms with Crippen LogP contribution in [0.15, 0.2) is 41.5 Å². The maximum atomic E-state index is 11.7. The zero-order chi connectivity index (χ0) is 20.6. The third kappa shape index (κ3) is 6.51. The molecule has 1 aliphatic rings. The Hall–Kier alpha value is -2.50. The number of carbonyl (C=O) groups excluding carboxylic acids is 1. The number of hydrogen-bond donors (Lipinski definition) is 2. The zero-order valence-corrected chi connectivity index (χ0v) is 19.6. The van der Waals surface area contributed by atoms with E-state index in [1.54, 1.807) is 16.7 Å². The second-order valence-electron chi connectivity index (χ2n) is 6.76. The molecular formula is C20H29IN6O3. The van der Waals surface area contributed by atoms with Gasteiger partial charge >= 0.3 is 6.09 Å². The van der Waals surface area contributed by atoms with E-state index in [9.17, 15) is 4.79 Å². The largest absolute Gasteiger partial charge is 0.497 e. The summed E-state index contributed by atoms with van der Waals surface area (Å²) in [5, 5.41) is 7.76. The monoisotopic (exact) mass is 528 g/mol. The van der Waals surface area contributed by atoms with Crippen LogP contribution in [0.5, 0.6) is 5.75 Å². The topological polar surface area (TPSA) is 107 Å². The summed E-state index contributed by atoms with van der Waals surface area (Å²) < 4.78 is 12.0. The van der Waals surface area contributed by atoms with Crippen molar-refractivity contribution < 1.29 is 14.3 Å². The van der Waals surface area contributed by atoms with E-state index < -0.39 is 0 Å². The number of methoxy groups -OCH3 is 1. The number of piperidine rings is 1. The lowest BCUT2D eigenvalue weighted by molar-refractivity contribution is 0.0963. The quantitative estimate of drug-likeness (QED) is 0.339. The molecule has 0 aliphatic carbocycles. The van der Waals surface area contributed by atoms with Crippen molar-refractivity contribution in [3.8, 4) is 11.4 Å². The fourth-order valence-corrected chi connectivity index (χ4v) is 3.17. The smallest absolute Gasteiger partial charge is 0.409 e. The molecule has 0 spiro atoms. The van der Waals surface area contributed by atoms with Crippen LogP contribution in [-0.2, 0) is 11.3 Å². The van der Waals surface area contributed by atoms with E-state index in [0.717, 1.165) is 30.0 Å². The number of likely N-dealkylation sites (tertiary alicyclic amines) is 1. The molecular weight excluding hydrogens is 499 g/mol. The van der Waals surface area contributed by atoms with Crippen molar-refractivity contribution in [3.63, 3.8) is 0 Å². The third-order valence-corrected chi connectivity index (χ3v) is 4.77. The Labute approximate surface area is 193 Å². The first-order valence-electron chi connectivity index (χ1n) is 9.76. The average Bonchev–Trinajstić information content (AvgIpc) is 3.22. The van der Waals surface area contributed by atoms with Gasteiger partial charge in [0, 0.05) is 25.3 Å². The van der Waals surface area contributed by atoms with E-state index >= 15 is 0 Å². The molecule has 0 unspecified atom stereocenters. The van der Waals surface area contributed by atoms with Crippen LogP contribution in [0.3, 0.4) is 0 Å². The SMILES string of the molecule is CCOC(=O)N1CCC(NC(N)=NCc2ccn(-c3ccc(OC)cc3)n2)CC1.I. The number of aliphatic imine (C=N–C) groups is 1. The van der Waals surface area contributed by atoms with Gasteiger partial charge in [0.1, 0.15) is 5.75 Å². The molecule has 164 valence electrons. The van der Waals surface area contributed by atoms with Gasteiger partial charge in [-0.25, -0.2) is 14.5 Å². The Morgan fingerprint density at radius 2 is 1.97 bits per heavy atom. The first kappa shape index (κ1) is 23.8. The summed E-state index contributed by atoms with van der Waals surface area (Å²) in [6, 6.07) is 9.78. The predicted octanol–water partition coefficient (Wildman–Crippen LogP) is 2.52. The minimum atomic E-state index is -0.250. The highest BCUT2D eigenvalue weighted by Crippen LogP contribution is 2.15. The van der Waals surface area contributed by atoms with Crippen molar-refractivity contribution in [2.24, 2.45) is 10.7 Å². The Morgan fingerprint density at radius 3 is 2.60 bits per heavy atom. The van der Waals surface area contributed by atoms with E-state index in [-0.39, 0.29) is 36.1 Å². The average molecular weight is 528 g/mol. The number of amides is 1. The number of nitrogens with two attached hydrogens (primary N) is 1. The van der Waals surface area contributed by atoms with Crippen molar-refractivity contribution in [2.75, 3.05) is 26.8 Å². The summed E-state index contributed by atoms with van der Waals surface area (Å²) in [5.74, 6) is 1.19. The summed E-state index contributed by atoms with van der Waals surface area (Å²) in [5.41, 5.74) is 7.80. The second-order valence-corrected chi connectivity index (χ2v) is 6.76. The molecule has 0 atom stereocenters. The normalized spacial score (nSPS) is 14.7. The van der Waals surface area contributed by atoms with Gasteiger partial charge in [-0.3, -0.25) is 0 Å². The molecule has 30 heavy (non-hydrogen) atoms. The number of aromatic nitrogens is 2. The highest BCUT2D eigenvalue weighted by molar-refractivity contribution is 14.0. The maximum Gasteiger partial charge on any atom is 0.409 e. The van der Waals surface area contributed by atoms with E-state index in [2.05, 4.69) is 15.4 Å². The number of nitrogens with one attached hydrogen (secondary N) is 1. The zero-order valence-electron chi connectivity index (χ0n) is 17.3. The molecule has 2 aromatic rings. The summed E-state index contributed by atoms with van der Waals surface area (Å²) in [4.78, 5) is 17.9. The molecule has 10 heteroatoms. The van der Waals surface area contributed by atoms with Crippen molar-refractivity contribution in [1.29, 1.82) is 0 Å². The van der Waals surface area contributed by atoms with Crippen molar-refractivity contribution in [3.05, 3.63) is 42.2 Å². The van der Waals surface area contributed by atoms with Gasteiger partial charge in [0.05, 0.1) is 31.6 Å². The third-order valence-electron chi connectivity index (χ3n) is 4.77. The predicted molar refractivity (Wildman–Crippen MR) is 126 cm³/mol. The Morgan fingerprint density at radius 1 is 1.27 bits per heavy atom. The highest BCUT2D eigenvalue weighted by Gasteiger charge is 2.23. The Balaban J connectivity index is 0.00000320. The standard InChI is InChI=1S/C20H28N6O3.HI/c1-3-29-20(27)25-11-8-15(9-12-25)23-19(21)22-14-16-10-13-26(24-16)17-4-6-18(28-2)7-5-17;/h4-7,10,13,15H,3,8-9,11-12,14H2,1-2H3,(H3,21,22,23);1H. The van der Waals surface area contributed by atoms with Gasteiger partial charge in [-0.1, -0.05) is 0 Å². The van der Waals surface area contributed by atoms with Crippen molar-refractivity contribution in [1.82, 2.24) is 20.0 Å². The number of carbonyl (C=O) groups is 1. The molecule has 1 saturated heterocycles. The van der Waals surface area contributed by atoms with E-state index in [1.165, 1.54) is 0 Å². The lowest BCUT2D eigenvalue weighted by Gasteiger charge is -2.31. The number of nitrogens with zero attached hydrogens (tertiary/aromatic N) is 4. The minimum absolute atomic E-state index is 0. The van der Waals surface area contributed by atoms with E-state index in [1.807, 2.05) is 43.5 Å². The number of hydrogen-bond acceptors (Lipinski definition) is 5. The van der Waals surface area contributed by atoms with Gasteiger partial charge < -0.3 is 25.4 Å². The molecule has 3 rings (SSSR count). The highest BCUT2D eigenvalue weighted by atomic mass is 127. The summed E-state index contributed by atoms with van der Waals surface area (Å²) in [6.45, 7) is 3.89. The maximum absolute atomic E-state index is 11.7. The van der Waals surface area contributed by atoms with Crippen LogP contribution < -0.4 is 15.8 Å². The molecule has 1 aromatic heterocycles. The van der Waals surface area contributed by atoms with Crippen LogP contribution in [-0.4, -0.2) is 59.6 Å². The van der Waals surface area contributed by atoms with Gasteiger partial charge in [-0.15, -0.1) is 24.0 Å². The van der Waals surface area contributed by atoms with Crippen LogP contribution in [0.4, 0.5) is 4.79 Å². The van der Waals surface area contributed by atoms with Crippen molar-refractivity contribution in [2.45, 2.75) is 32.4 Å². The van der Waals surface area contributed by atoms with Gasteiger partial charge in [-0.2, -0.15) is 5.10 Å². The minimum Gasteiger partial charge on any atom is -0.497 e. The van der Waals surface area contributed by atoms with Crippen LogP contribution in [0.2, 0.25) is 0 Å². The lowest BCUT2D eigenvalue weighted by atomic mass is 10.1. The lowest BCUT2D eigenvalue weighted by Crippen LogP contribution is -2.48. The first-order chi connectivity index (χ1) is 14.1. The number of guanidine groups is 1. The van der Waals surface area contributed by atoms with Gasteiger partial charge in [0.25, 0.3) is 0 Å². The number of rotatable bonds is 6. The molecule has 0 bridgehead atoms. The summed E-state index contributed by atoms with van der Waals surface area (Å²) in [6.07, 6.45) is 3.25. The van der Waals surface area contributed by atoms with Gasteiger partial charge in [-0.05, 0) is 50.1 Å². The number of halogens is 1. The van der Waals surface area contributed by atoms with Crippen LogP contribution in [0, 0.1) is 0 Å². The molecule has 9 nitrogen and oxygen atoms in total. The molecule has 0 saturated carbocycles. The van der Waals surface area contributed by atoms with Crippen molar-refractivity contribution >= 4 is 36.0 Å². The Kier molecular flexibility index (Phi) is 9.21. The fraction of sp³-hybridized carbons (Fsp3) is 0.450. The van der Waals surface area contributed by atoms with E-state index in [4.69, 9.17) is 15.2 Å². The summed E-state index contributed by atoms with van der Waals surface area (Å²) in [7, 11) is 1.64. The number of benzene rings is 1. The molecule has 1 fully saturated rings. The number of ether oxygens (including phenoxy) is 2. The second kappa shape index (κ2) is 11.6. The molecule has 3 N–H and O–H groups in total.